The molecule has 0 amide bonds. The minimum atomic E-state index is -0.381. The zero-order valence-corrected chi connectivity index (χ0v) is 9.04. The third kappa shape index (κ3) is 2.93. The molecule has 1 fully saturated rings. The van der Waals surface area contributed by atoms with E-state index in [0.29, 0.717) is 12.2 Å². The van der Waals surface area contributed by atoms with Crippen molar-refractivity contribution in [2.24, 2.45) is 5.92 Å². The minimum Gasteiger partial charge on any atom is -0.462 e. The molecule has 0 radical (unpaired) electrons. The fourth-order valence-corrected chi connectivity index (χ4v) is 1.54. The van der Waals surface area contributed by atoms with Crippen LogP contribution in [0.2, 0.25) is 5.15 Å². The highest BCUT2D eigenvalue weighted by atomic mass is 35.5. The molecule has 15 heavy (non-hydrogen) atoms. The van der Waals surface area contributed by atoms with Gasteiger partial charge in [0.1, 0.15) is 5.15 Å². The van der Waals surface area contributed by atoms with Crippen LogP contribution in [0.4, 0.5) is 0 Å². The molecule has 0 saturated heterocycles. The number of carbonyl (C=O) groups is 1. The molecule has 0 unspecified atom stereocenters. The van der Waals surface area contributed by atoms with Crippen LogP contribution in [0.3, 0.4) is 0 Å². The molecule has 1 aromatic rings. The van der Waals surface area contributed by atoms with Crippen molar-refractivity contribution in [2.75, 3.05) is 6.61 Å². The van der Waals surface area contributed by atoms with Crippen molar-refractivity contribution in [2.45, 2.75) is 19.3 Å². The lowest BCUT2D eigenvalue weighted by atomic mass is 10.3. The molecular weight excluding hydrogens is 214 g/mol. The summed E-state index contributed by atoms with van der Waals surface area (Å²) < 4.78 is 5.10. The summed E-state index contributed by atoms with van der Waals surface area (Å²) in [4.78, 5) is 15.3. The van der Waals surface area contributed by atoms with Crippen LogP contribution in [0.25, 0.3) is 0 Å². The zero-order chi connectivity index (χ0) is 10.7. The highest BCUT2D eigenvalue weighted by Crippen LogP contribution is 2.32. The van der Waals surface area contributed by atoms with E-state index in [9.17, 15) is 4.79 Å². The SMILES string of the molecule is O=C(OCCC1CC1)c1cccnc1Cl. The van der Waals surface area contributed by atoms with Gasteiger partial charge in [0, 0.05) is 6.20 Å². The lowest BCUT2D eigenvalue weighted by Gasteiger charge is -2.04. The van der Waals surface area contributed by atoms with E-state index < -0.39 is 0 Å². The Hall–Kier alpha value is -1.09. The highest BCUT2D eigenvalue weighted by molar-refractivity contribution is 6.32. The summed E-state index contributed by atoms with van der Waals surface area (Å²) in [5.41, 5.74) is 0.343. The van der Waals surface area contributed by atoms with Gasteiger partial charge < -0.3 is 4.74 Å². The maximum atomic E-state index is 11.5. The first-order valence-corrected chi connectivity index (χ1v) is 5.43. The van der Waals surface area contributed by atoms with Gasteiger partial charge in [-0.05, 0) is 24.5 Å². The number of rotatable bonds is 4. The summed E-state index contributed by atoms with van der Waals surface area (Å²) in [5, 5.41) is 0.203. The highest BCUT2D eigenvalue weighted by Gasteiger charge is 2.21. The Morgan fingerprint density at radius 3 is 3.07 bits per heavy atom. The molecule has 1 heterocycles. The lowest BCUT2D eigenvalue weighted by Crippen LogP contribution is -2.08. The Kier molecular flexibility index (Phi) is 3.21. The fraction of sp³-hybridized carbons (Fsp3) is 0.455. The molecular formula is C11H12ClNO2. The third-order valence-electron chi connectivity index (χ3n) is 2.44. The van der Waals surface area contributed by atoms with Crippen molar-refractivity contribution < 1.29 is 9.53 Å². The largest absolute Gasteiger partial charge is 0.462 e. The predicted molar refractivity (Wildman–Crippen MR) is 56.9 cm³/mol. The third-order valence-corrected chi connectivity index (χ3v) is 2.74. The average Bonchev–Trinajstić information content (AvgIpc) is 3.02. The molecule has 0 spiro atoms. The van der Waals surface area contributed by atoms with E-state index in [1.54, 1.807) is 18.3 Å². The van der Waals surface area contributed by atoms with Gasteiger partial charge in [-0.3, -0.25) is 0 Å². The van der Waals surface area contributed by atoms with E-state index in [1.165, 1.54) is 12.8 Å². The van der Waals surface area contributed by atoms with Gasteiger partial charge in [0.2, 0.25) is 0 Å². The topological polar surface area (TPSA) is 39.2 Å². The van der Waals surface area contributed by atoms with Crippen molar-refractivity contribution in [1.82, 2.24) is 4.98 Å². The molecule has 2 rings (SSSR count). The molecule has 0 aromatic carbocycles. The number of nitrogens with zero attached hydrogens (tertiary/aromatic N) is 1. The quantitative estimate of drug-likeness (QED) is 0.584. The summed E-state index contributed by atoms with van der Waals surface area (Å²) in [6, 6.07) is 3.29. The van der Waals surface area contributed by atoms with Crippen molar-refractivity contribution in [3.05, 3.63) is 29.0 Å². The van der Waals surface area contributed by atoms with Crippen molar-refractivity contribution in [1.29, 1.82) is 0 Å². The molecule has 1 aromatic heterocycles. The number of carbonyl (C=O) groups excluding carboxylic acids is 1. The van der Waals surface area contributed by atoms with Crippen LogP contribution in [0.1, 0.15) is 29.6 Å². The van der Waals surface area contributed by atoms with E-state index in [2.05, 4.69) is 4.98 Å². The molecule has 1 aliphatic carbocycles. The molecule has 0 bridgehead atoms. The standard InChI is InChI=1S/C11H12ClNO2/c12-10-9(2-1-6-13-10)11(14)15-7-5-8-3-4-8/h1-2,6,8H,3-5,7H2. The first kappa shape index (κ1) is 10.4. The molecule has 0 aliphatic heterocycles. The van der Waals surface area contributed by atoms with E-state index in [1.807, 2.05) is 0 Å². The van der Waals surface area contributed by atoms with Crippen LogP contribution < -0.4 is 0 Å². The second-order valence-electron chi connectivity index (χ2n) is 3.71. The van der Waals surface area contributed by atoms with Gasteiger partial charge in [0.25, 0.3) is 0 Å². The van der Waals surface area contributed by atoms with Crippen LogP contribution in [-0.4, -0.2) is 17.6 Å². The number of aromatic nitrogens is 1. The van der Waals surface area contributed by atoms with E-state index >= 15 is 0 Å². The molecule has 1 aliphatic rings. The molecule has 80 valence electrons. The van der Waals surface area contributed by atoms with Crippen molar-refractivity contribution >= 4 is 17.6 Å². The van der Waals surface area contributed by atoms with E-state index in [0.717, 1.165) is 12.3 Å². The molecule has 0 N–H and O–H groups in total. The maximum Gasteiger partial charge on any atom is 0.341 e. The predicted octanol–water partition coefficient (Wildman–Crippen LogP) is 2.69. The van der Waals surface area contributed by atoms with Crippen LogP contribution in [0.15, 0.2) is 18.3 Å². The Bertz CT molecular complexity index is 363. The summed E-state index contributed by atoms with van der Waals surface area (Å²) in [6.45, 7) is 0.481. The average molecular weight is 226 g/mol. The smallest absolute Gasteiger partial charge is 0.341 e. The minimum absolute atomic E-state index is 0.203. The monoisotopic (exact) mass is 225 g/mol. The van der Waals surface area contributed by atoms with Gasteiger partial charge in [0.15, 0.2) is 0 Å². The number of hydrogen-bond acceptors (Lipinski definition) is 3. The van der Waals surface area contributed by atoms with Crippen LogP contribution in [0.5, 0.6) is 0 Å². The lowest BCUT2D eigenvalue weighted by molar-refractivity contribution is 0.0494. The zero-order valence-electron chi connectivity index (χ0n) is 8.28. The Morgan fingerprint density at radius 2 is 2.40 bits per heavy atom. The van der Waals surface area contributed by atoms with E-state index in [4.69, 9.17) is 16.3 Å². The molecule has 3 nitrogen and oxygen atoms in total. The van der Waals surface area contributed by atoms with Gasteiger partial charge in [-0.15, -0.1) is 0 Å². The number of ether oxygens (including phenoxy) is 1. The second-order valence-corrected chi connectivity index (χ2v) is 4.07. The van der Waals surface area contributed by atoms with Crippen LogP contribution in [0, 0.1) is 5.92 Å². The van der Waals surface area contributed by atoms with Crippen LogP contribution >= 0.6 is 11.6 Å². The first-order chi connectivity index (χ1) is 7.27. The first-order valence-electron chi connectivity index (χ1n) is 5.05. The van der Waals surface area contributed by atoms with Crippen LogP contribution in [-0.2, 0) is 4.74 Å². The summed E-state index contributed by atoms with van der Waals surface area (Å²) in [6.07, 6.45) is 5.04. The van der Waals surface area contributed by atoms with Gasteiger partial charge in [-0.2, -0.15) is 0 Å². The number of hydrogen-bond donors (Lipinski definition) is 0. The number of pyridine rings is 1. The van der Waals surface area contributed by atoms with Gasteiger partial charge >= 0.3 is 5.97 Å². The Balaban J connectivity index is 1.86. The van der Waals surface area contributed by atoms with Gasteiger partial charge in [-0.25, -0.2) is 9.78 Å². The summed E-state index contributed by atoms with van der Waals surface area (Å²) in [5.74, 6) is 0.385. The fourth-order valence-electron chi connectivity index (χ4n) is 1.34. The Morgan fingerprint density at radius 1 is 1.60 bits per heavy atom. The number of esters is 1. The summed E-state index contributed by atoms with van der Waals surface area (Å²) >= 11 is 5.76. The maximum absolute atomic E-state index is 11.5. The molecule has 0 atom stereocenters. The van der Waals surface area contributed by atoms with Crippen molar-refractivity contribution in [3.63, 3.8) is 0 Å². The van der Waals surface area contributed by atoms with Gasteiger partial charge in [0.05, 0.1) is 12.2 Å². The molecule has 1 saturated carbocycles. The summed E-state index contributed by atoms with van der Waals surface area (Å²) in [7, 11) is 0. The van der Waals surface area contributed by atoms with E-state index in [-0.39, 0.29) is 11.1 Å². The van der Waals surface area contributed by atoms with Gasteiger partial charge in [-0.1, -0.05) is 24.4 Å². The second kappa shape index (κ2) is 4.62. The molecule has 4 heteroatoms. The normalized spacial score (nSPS) is 15.0. The van der Waals surface area contributed by atoms with Crippen molar-refractivity contribution in [3.8, 4) is 0 Å². The Labute approximate surface area is 93.4 Å². The number of halogens is 1.